The van der Waals surface area contributed by atoms with Gasteiger partial charge in [0.1, 0.15) is 5.82 Å². The fourth-order valence-corrected chi connectivity index (χ4v) is 4.15. The third kappa shape index (κ3) is 4.83. The number of imidazole rings is 1. The molecule has 0 aliphatic carbocycles. The number of hydrogen-bond acceptors (Lipinski definition) is 3. The van der Waals surface area contributed by atoms with Crippen LogP contribution in [0.5, 0.6) is 0 Å². The van der Waals surface area contributed by atoms with Crippen molar-refractivity contribution in [2.24, 2.45) is 0 Å². The van der Waals surface area contributed by atoms with Crippen molar-refractivity contribution >= 4 is 40.3 Å². The molecule has 0 atom stereocenters. The summed E-state index contributed by atoms with van der Waals surface area (Å²) < 4.78 is 15.3. The minimum absolute atomic E-state index is 0.0969. The van der Waals surface area contributed by atoms with Crippen LogP contribution < -0.4 is 5.32 Å². The van der Waals surface area contributed by atoms with E-state index in [0.29, 0.717) is 18.1 Å². The summed E-state index contributed by atoms with van der Waals surface area (Å²) in [6.07, 6.45) is 0. The number of fused-ring (bicyclic) bond motifs is 1. The first-order chi connectivity index (χ1) is 14.6. The molecule has 30 heavy (non-hydrogen) atoms. The van der Waals surface area contributed by atoms with E-state index in [1.54, 1.807) is 18.2 Å². The first-order valence-corrected chi connectivity index (χ1v) is 10.8. The molecule has 0 spiro atoms. The first-order valence-electron chi connectivity index (χ1n) is 9.43. The van der Waals surface area contributed by atoms with E-state index in [2.05, 4.69) is 14.9 Å². The highest BCUT2D eigenvalue weighted by Crippen LogP contribution is 2.25. The van der Waals surface area contributed by atoms with Gasteiger partial charge in [-0.15, -0.1) is 0 Å². The molecule has 0 saturated heterocycles. The molecule has 1 amide bonds. The van der Waals surface area contributed by atoms with Crippen molar-refractivity contribution in [3.05, 3.63) is 94.8 Å². The molecule has 0 radical (unpaired) electrons. The fourth-order valence-electron chi connectivity index (χ4n) is 3.11. The monoisotopic (exact) mass is 439 g/mol. The lowest BCUT2D eigenvalue weighted by Gasteiger charge is -2.10. The molecule has 7 heteroatoms. The number of rotatable bonds is 7. The van der Waals surface area contributed by atoms with Gasteiger partial charge in [0.05, 0.1) is 23.3 Å². The average Bonchev–Trinajstić information content (AvgIpc) is 3.10. The van der Waals surface area contributed by atoms with Crippen LogP contribution in [0.3, 0.4) is 0 Å². The van der Waals surface area contributed by atoms with Gasteiger partial charge >= 0.3 is 0 Å². The molecule has 4 aromatic rings. The number of carbonyl (C=O) groups is 1. The number of thioether (sulfide) groups is 1. The van der Waals surface area contributed by atoms with Gasteiger partial charge in [0.2, 0.25) is 5.91 Å². The second kappa shape index (κ2) is 9.32. The maximum atomic E-state index is 13.3. The molecule has 1 heterocycles. The van der Waals surface area contributed by atoms with Crippen molar-refractivity contribution in [3.63, 3.8) is 0 Å². The minimum atomic E-state index is -0.265. The number of nitrogens with one attached hydrogen (secondary N) is 1. The Labute approximate surface area is 183 Å². The smallest absolute Gasteiger partial charge is 0.230 e. The van der Waals surface area contributed by atoms with Crippen LogP contribution in [0.25, 0.3) is 11.0 Å². The summed E-state index contributed by atoms with van der Waals surface area (Å²) in [6.45, 7) is 0.926. The number of aromatic nitrogens is 2. The Hall–Kier alpha value is -2.83. The number of carbonyl (C=O) groups excluding carboxylic acids is 1. The number of benzene rings is 3. The van der Waals surface area contributed by atoms with E-state index in [-0.39, 0.29) is 17.5 Å². The quantitative estimate of drug-likeness (QED) is 0.398. The molecule has 0 fully saturated rings. The summed E-state index contributed by atoms with van der Waals surface area (Å²) in [4.78, 5) is 17.1. The molecule has 0 aliphatic rings. The third-order valence-electron chi connectivity index (χ3n) is 4.64. The highest BCUT2D eigenvalue weighted by atomic mass is 35.5. The van der Waals surface area contributed by atoms with Gasteiger partial charge in [0.15, 0.2) is 5.16 Å². The van der Waals surface area contributed by atoms with E-state index in [0.717, 1.165) is 27.3 Å². The summed E-state index contributed by atoms with van der Waals surface area (Å²) in [5, 5.41) is 4.27. The number of amides is 1. The molecular weight excluding hydrogens is 421 g/mol. The van der Waals surface area contributed by atoms with E-state index in [1.165, 1.54) is 23.9 Å². The zero-order valence-electron chi connectivity index (χ0n) is 16.0. The first kappa shape index (κ1) is 20.4. The maximum absolute atomic E-state index is 13.3. The van der Waals surface area contributed by atoms with Gasteiger partial charge < -0.3 is 9.88 Å². The Morgan fingerprint density at radius 3 is 2.57 bits per heavy atom. The molecule has 4 nitrogen and oxygen atoms in total. The van der Waals surface area contributed by atoms with Gasteiger partial charge in [-0.2, -0.15) is 0 Å². The normalized spacial score (nSPS) is 11.0. The molecule has 0 bridgehead atoms. The van der Waals surface area contributed by atoms with Crippen molar-refractivity contribution in [2.75, 3.05) is 5.75 Å². The number of halogens is 2. The van der Waals surface area contributed by atoms with Crippen LogP contribution in [0.4, 0.5) is 4.39 Å². The standard InChI is InChI=1S/C23H19ClFN3OS/c24-19-6-2-1-5-17(19)13-26-22(29)15-30-23-27-20-7-3-4-8-21(20)28(23)14-16-9-11-18(25)12-10-16/h1-12H,13-15H2,(H,26,29). The zero-order chi connectivity index (χ0) is 20.9. The molecule has 3 aromatic carbocycles. The van der Waals surface area contributed by atoms with Crippen LogP contribution in [-0.2, 0) is 17.9 Å². The lowest BCUT2D eigenvalue weighted by atomic mass is 10.2. The van der Waals surface area contributed by atoms with Gasteiger partial charge in [-0.1, -0.05) is 65.8 Å². The second-order valence-corrected chi connectivity index (χ2v) is 8.10. The summed E-state index contributed by atoms with van der Waals surface area (Å²) in [7, 11) is 0. The van der Waals surface area contributed by atoms with E-state index in [9.17, 15) is 9.18 Å². The van der Waals surface area contributed by atoms with Gasteiger partial charge in [0, 0.05) is 11.6 Å². The van der Waals surface area contributed by atoms with Crippen LogP contribution in [0, 0.1) is 5.82 Å². The average molecular weight is 440 g/mol. The van der Waals surface area contributed by atoms with Gasteiger partial charge in [-0.3, -0.25) is 4.79 Å². The van der Waals surface area contributed by atoms with E-state index in [4.69, 9.17) is 11.6 Å². The minimum Gasteiger partial charge on any atom is -0.351 e. The SMILES string of the molecule is O=C(CSc1nc2ccccc2n1Cc1ccc(F)cc1)NCc1ccccc1Cl. The van der Waals surface area contributed by atoms with E-state index < -0.39 is 0 Å². The van der Waals surface area contributed by atoms with Crippen LogP contribution in [-0.4, -0.2) is 21.2 Å². The van der Waals surface area contributed by atoms with Crippen molar-refractivity contribution in [1.29, 1.82) is 0 Å². The largest absolute Gasteiger partial charge is 0.351 e. The fraction of sp³-hybridized carbons (Fsp3) is 0.130. The number of hydrogen-bond donors (Lipinski definition) is 1. The van der Waals surface area contributed by atoms with Crippen LogP contribution in [0.1, 0.15) is 11.1 Å². The Kier molecular flexibility index (Phi) is 6.35. The van der Waals surface area contributed by atoms with Crippen molar-refractivity contribution < 1.29 is 9.18 Å². The predicted octanol–water partition coefficient (Wildman–Crippen LogP) is 5.29. The zero-order valence-corrected chi connectivity index (χ0v) is 17.6. The highest BCUT2D eigenvalue weighted by Gasteiger charge is 2.13. The highest BCUT2D eigenvalue weighted by molar-refractivity contribution is 7.99. The Morgan fingerprint density at radius 1 is 1.03 bits per heavy atom. The molecule has 0 saturated carbocycles. The lowest BCUT2D eigenvalue weighted by molar-refractivity contribution is -0.118. The summed E-state index contributed by atoms with van der Waals surface area (Å²) in [5.41, 5.74) is 3.67. The molecule has 152 valence electrons. The Balaban J connectivity index is 1.47. The van der Waals surface area contributed by atoms with Crippen molar-refractivity contribution in [1.82, 2.24) is 14.9 Å². The Morgan fingerprint density at radius 2 is 1.77 bits per heavy atom. The van der Waals surface area contributed by atoms with Crippen molar-refractivity contribution in [2.45, 2.75) is 18.2 Å². The van der Waals surface area contributed by atoms with E-state index in [1.807, 2.05) is 42.5 Å². The summed E-state index contributed by atoms with van der Waals surface area (Å²) in [6, 6.07) is 21.7. The lowest BCUT2D eigenvalue weighted by Crippen LogP contribution is -2.24. The molecule has 1 N–H and O–H groups in total. The Bertz CT molecular complexity index is 1180. The molecular formula is C23H19ClFN3OS. The van der Waals surface area contributed by atoms with Gasteiger partial charge in [0.25, 0.3) is 0 Å². The van der Waals surface area contributed by atoms with Crippen LogP contribution in [0.15, 0.2) is 78.0 Å². The molecule has 0 unspecified atom stereocenters. The van der Waals surface area contributed by atoms with Gasteiger partial charge in [-0.25, -0.2) is 9.37 Å². The summed E-state index contributed by atoms with van der Waals surface area (Å²) in [5.74, 6) is -0.128. The molecule has 4 rings (SSSR count). The van der Waals surface area contributed by atoms with E-state index >= 15 is 0 Å². The summed E-state index contributed by atoms with van der Waals surface area (Å²) >= 11 is 7.52. The number of nitrogens with zero attached hydrogens (tertiary/aromatic N) is 2. The topological polar surface area (TPSA) is 46.9 Å². The molecule has 0 aliphatic heterocycles. The second-order valence-electron chi connectivity index (χ2n) is 6.75. The maximum Gasteiger partial charge on any atom is 0.230 e. The third-order valence-corrected chi connectivity index (χ3v) is 5.98. The number of para-hydroxylation sites is 2. The van der Waals surface area contributed by atoms with Crippen molar-refractivity contribution in [3.8, 4) is 0 Å². The van der Waals surface area contributed by atoms with Crippen LogP contribution in [0.2, 0.25) is 5.02 Å². The van der Waals surface area contributed by atoms with Crippen LogP contribution >= 0.6 is 23.4 Å². The molecule has 1 aromatic heterocycles. The van der Waals surface area contributed by atoms with Gasteiger partial charge in [-0.05, 0) is 41.5 Å². The predicted molar refractivity (Wildman–Crippen MR) is 119 cm³/mol.